The normalized spacial score (nSPS) is 19.5. The Morgan fingerprint density at radius 3 is 2.42 bits per heavy atom. The highest BCUT2D eigenvalue weighted by molar-refractivity contribution is 7.92. The van der Waals surface area contributed by atoms with Gasteiger partial charge in [0.05, 0.1) is 5.52 Å². The molecule has 0 radical (unpaired) electrons. The Balaban J connectivity index is 1.33. The van der Waals surface area contributed by atoms with Crippen LogP contribution < -0.4 is 15.5 Å². The molecule has 2 aromatic heterocycles. The lowest BCUT2D eigenvalue weighted by molar-refractivity contribution is 0.353. The lowest BCUT2D eigenvalue weighted by Crippen LogP contribution is -2.36. The molecule has 0 bridgehead atoms. The van der Waals surface area contributed by atoms with Crippen molar-refractivity contribution in [3.63, 3.8) is 0 Å². The van der Waals surface area contributed by atoms with E-state index >= 15 is 0 Å². The van der Waals surface area contributed by atoms with Gasteiger partial charge in [-0.1, -0.05) is 12.1 Å². The number of nitrogens with one attached hydrogen (secondary N) is 2. The number of hydrogen-bond donors (Lipinski definition) is 2. The first-order valence-corrected chi connectivity index (χ1v) is 13.2. The van der Waals surface area contributed by atoms with Gasteiger partial charge in [-0.3, -0.25) is 0 Å². The Bertz CT molecular complexity index is 1150. The van der Waals surface area contributed by atoms with Crippen LogP contribution in [0.2, 0.25) is 0 Å². The van der Waals surface area contributed by atoms with E-state index in [1.54, 1.807) is 6.07 Å². The number of nitrogens with zero attached hydrogens (tertiary/aromatic N) is 3. The van der Waals surface area contributed by atoms with Gasteiger partial charge < -0.3 is 15.5 Å². The Labute approximate surface area is 187 Å². The highest BCUT2D eigenvalue weighted by atomic mass is 32.2. The molecule has 4 rings (SSSR count). The lowest BCUT2D eigenvalue weighted by Gasteiger charge is -2.30. The van der Waals surface area contributed by atoms with E-state index in [2.05, 4.69) is 16.7 Å². The zero-order valence-electron chi connectivity index (χ0n) is 18.1. The van der Waals surface area contributed by atoms with Crippen LogP contribution >= 0.6 is 11.3 Å². The summed E-state index contributed by atoms with van der Waals surface area (Å²) in [6.45, 7) is 0.711. The zero-order valence-corrected chi connectivity index (χ0v) is 19.8. The minimum Gasteiger partial charge on any atom is -0.362 e. The standard InChI is InChI=1S/C22H29N5O2S2/c1-27(2)21-18-6-4-5-7-19(18)25-22(26-21)24-16-10-8-15(9-11-16)23-14-17-12-13-20(30-17)31(3,28)29/h4-7,12-13,15-16,23H,8-11,14H2,1-3H3,(H,24,25,26). The van der Waals surface area contributed by atoms with Gasteiger partial charge in [-0.25, -0.2) is 13.4 Å². The second kappa shape index (κ2) is 9.10. The van der Waals surface area contributed by atoms with E-state index in [1.165, 1.54) is 17.6 Å². The van der Waals surface area contributed by atoms with E-state index in [0.29, 0.717) is 28.8 Å². The van der Waals surface area contributed by atoms with Gasteiger partial charge in [0.1, 0.15) is 10.0 Å². The minimum absolute atomic E-state index is 0.354. The quantitative estimate of drug-likeness (QED) is 0.557. The molecule has 0 atom stereocenters. The fourth-order valence-corrected chi connectivity index (χ4v) is 5.92. The average Bonchev–Trinajstić information content (AvgIpc) is 3.22. The third-order valence-electron chi connectivity index (χ3n) is 5.63. The molecule has 31 heavy (non-hydrogen) atoms. The topological polar surface area (TPSA) is 87.2 Å². The largest absolute Gasteiger partial charge is 0.362 e. The lowest BCUT2D eigenvalue weighted by atomic mass is 9.91. The van der Waals surface area contributed by atoms with Crippen molar-refractivity contribution < 1.29 is 8.42 Å². The molecule has 0 saturated heterocycles. The summed E-state index contributed by atoms with van der Waals surface area (Å²) in [6, 6.07) is 12.5. The maximum atomic E-state index is 11.6. The van der Waals surface area contributed by atoms with E-state index in [1.807, 2.05) is 43.3 Å². The van der Waals surface area contributed by atoms with E-state index in [4.69, 9.17) is 9.97 Å². The Hall–Kier alpha value is -2.23. The molecule has 1 saturated carbocycles. The molecule has 1 fully saturated rings. The van der Waals surface area contributed by atoms with Crippen LogP contribution in [0.25, 0.3) is 10.9 Å². The first-order chi connectivity index (χ1) is 14.8. The minimum atomic E-state index is -3.12. The molecule has 1 aliphatic carbocycles. The third-order valence-corrected chi connectivity index (χ3v) is 8.54. The van der Waals surface area contributed by atoms with Crippen LogP contribution in [0.4, 0.5) is 11.8 Å². The van der Waals surface area contributed by atoms with Crippen LogP contribution in [-0.4, -0.2) is 50.8 Å². The number of benzene rings is 1. The van der Waals surface area contributed by atoms with Crippen LogP contribution in [0.5, 0.6) is 0 Å². The molecule has 2 heterocycles. The van der Waals surface area contributed by atoms with E-state index < -0.39 is 9.84 Å². The van der Waals surface area contributed by atoms with Gasteiger partial charge in [0.15, 0.2) is 9.84 Å². The zero-order chi connectivity index (χ0) is 22.0. The molecule has 0 aliphatic heterocycles. The van der Waals surface area contributed by atoms with E-state index in [0.717, 1.165) is 47.3 Å². The second-order valence-corrected chi connectivity index (χ2v) is 11.8. The fourth-order valence-electron chi connectivity index (χ4n) is 3.99. The van der Waals surface area contributed by atoms with Crippen LogP contribution in [0.3, 0.4) is 0 Å². The van der Waals surface area contributed by atoms with Crippen molar-refractivity contribution in [1.82, 2.24) is 15.3 Å². The maximum absolute atomic E-state index is 11.6. The highest BCUT2D eigenvalue weighted by Crippen LogP contribution is 2.27. The Morgan fingerprint density at radius 1 is 1.03 bits per heavy atom. The van der Waals surface area contributed by atoms with Gasteiger partial charge in [-0.05, 0) is 49.9 Å². The number of para-hydroxylation sites is 1. The predicted molar refractivity (Wildman–Crippen MR) is 128 cm³/mol. The van der Waals surface area contributed by atoms with Gasteiger partial charge in [-0.15, -0.1) is 11.3 Å². The smallest absolute Gasteiger partial charge is 0.225 e. The van der Waals surface area contributed by atoms with Crippen molar-refractivity contribution in [2.24, 2.45) is 0 Å². The fraction of sp³-hybridized carbons (Fsp3) is 0.455. The summed E-state index contributed by atoms with van der Waals surface area (Å²) < 4.78 is 23.7. The molecule has 0 unspecified atom stereocenters. The first-order valence-electron chi connectivity index (χ1n) is 10.5. The molecular formula is C22H29N5O2S2. The summed E-state index contributed by atoms with van der Waals surface area (Å²) in [7, 11) is 0.887. The molecule has 1 aliphatic rings. The summed E-state index contributed by atoms with van der Waals surface area (Å²) in [5, 5.41) is 8.18. The second-order valence-electron chi connectivity index (χ2n) is 8.35. The monoisotopic (exact) mass is 459 g/mol. The van der Waals surface area contributed by atoms with Gasteiger partial charge >= 0.3 is 0 Å². The maximum Gasteiger partial charge on any atom is 0.225 e. The Morgan fingerprint density at radius 2 is 1.74 bits per heavy atom. The van der Waals surface area contributed by atoms with E-state index in [9.17, 15) is 8.42 Å². The van der Waals surface area contributed by atoms with Gasteiger partial charge in [0.2, 0.25) is 5.95 Å². The SMILES string of the molecule is CN(C)c1nc(NC2CCC(NCc3ccc(S(C)(=O)=O)s3)CC2)nc2ccccc12. The summed E-state index contributed by atoms with van der Waals surface area (Å²) in [5.41, 5.74) is 0.948. The van der Waals surface area contributed by atoms with Crippen molar-refractivity contribution >= 4 is 43.8 Å². The van der Waals surface area contributed by atoms with Gasteiger partial charge in [0.25, 0.3) is 0 Å². The number of fused-ring (bicyclic) bond motifs is 1. The average molecular weight is 460 g/mol. The van der Waals surface area contributed by atoms with Crippen LogP contribution in [0, 0.1) is 0 Å². The number of rotatable bonds is 7. The van der Waals surface area contributed by atoms with Crippen LogP contribution in [-0.2, 0) is 16.4 Å². The van der Waals surface area contributed by atoms with Crippen LogP contribution in [0.1, 0.15) is 30.6 Å². The number of sulfone groups is 1. The summed E-state index contributed by atoms with van der Waals surface area (Å²) in [4.78, 5) is 12.5. The van der Waals surface area contributed by atoms with Gasteiger partial charge in [0, 0.05) is 49.2 Å². The first kappa shape index (κ1) is 22.0. The predicted octanol–water partition coefficient (Wildman–Crippen LogP) is 3.67. The molecule has 7 nitrogen and oxygen atoms in total. The summed E-state index contributed by atoms with van der Waals surface area (Å²) in [5.74, 6) is 1.61. The number of aromatic nitrogens is 2. The Kier molecular flexibility index (Phi) is 6.45. The molecule has 1 aromatic carbocycles. The number of hydrogen-bond acceptors (Lipinski definition) is 8. The van der Waals surface area contributed by atoms with Crippen molar-refractivity contribution in [3.8, 4) is 0 Å². The molecule has 2 N–H and O–H groups in total. The molecule has 166 valence electrons. The summed E-state index contributed by atoms with van der Waals surface area (Å²) >= 11 is 1.35. The van der Waals surface area contributed by atoms with Gasteiger partial charge in [-0.2, -0.15) is 4.98 Å². The van der Waals surface area contributed by atoms with Crippen molar-refractivity contribution in [1.29, 1.82) is 0 Å². The number of thiophene rings is 1. The van der Waals surface area contributed by atoms with Crippen molar-refractivity contribution in [3.05, 3.63) is 41.3 Å². The van der Waals surface area contributed by atoms with E-state index in [-0.39, 0.29) is 0 Å². The molecule has 9 heteroatoms. The number of anilines is 2. The summed E-state index contributed by atoms with van der Waals surface area (Å²) in [6.07, 6.45) is 5.48. The third kappa shape index (κ3) is 5.34. The molecule has 0 amide bonds. The van der Waals surface area contributed by atoms with Crippen LogP contribution in [0.15, 0.2) is 40.6 Å². The van der Waals surface area contributed by atoms with Crippen molar-refractivity contribution in [2.45, 2.75) is 48.5 Å². The molecular weight excluding hydrogens is 430 g/mol. The molecule has 3 aromatic rings. The highest BCUT2D eigenvalue weighted by Gasteiger charge is 2.22. The molecule has 0 spiro atoms. The van der Waals surface area contributed by atoms with Crippen molar-refractivity contribution in [2.75, 3.05) is 30.6 Å².